The zero-order chi connectivity index (χ0) is 17.3. The maximum Gasteiger partial charge on any atom is 0.244 e. The third-order valence-electron chi connectivity index (χ3n) is 3.85. The Kier molecular flexibility index (Phi) is 5.46. The van der Waals surface area contributed by atoms with Crippen molar-refractivity contribution in [2.45, 2.75) is 18.7 Å². The van der Waals surface area contributed by atoms with Gasteiger partial charge in [0.2, 0.25) is 20.0 Å². The van der Waals surface area contributed by atoms with Crippen LogP contribution in [0, 0.1) is 13.8 Å². The Hall–Kier alpha value is -1.01. The zero-order valence-electron chi connectivity index (χ0n) is 13.5. The van der Waals surface area contributed by atoms with Gasteiger partial charge in [0.25, 0.3) is 0 Å². The molecular weight excluding hydrogens is 342 g/mol. The van der Waals surface area contributed by atoms with Gasteiger partial charge in [-0.05, 0) is 13.8 Å². The predicted molar refractivity (Wildman–Crippen MR) is 86.1 cm³/mol. The van der Waals surface area contributed by atoms with Gasteiger partial charge in [-0.15, -0.1) is 0 Å². The smallest absolute Gasteiger partial charge is 0.244 e. The standard InChI is InChI=1S/C12H23N5O4S2/c1-10-12(11(2)15-14-10)23(20,21)13-4-5-16-6-8-17(9-7-16)22(3,18)19/h13H,4-9H2,1-3H3,(H,14,15). The fourth-order valence-electron chi connectivity index (χ4n) is 2.63. The fraction of sp³-hybridized carbons (Fsp3) is 0.750. The highest BCUT2D eigenvalue weighted by molar-refractivity contribution is 7.89. The van der Waals surface area contributed by atoms with E-state index < -0.39 is 20.0 Å². The molecule has 1 aliphatic heterocycles. The van der Waals surface area contributed by atoms with Crippen LogP contribution in [0.4, 0.5) is 0 Å². The molecule has 0 atom stereocenters. The molecule has 0 bridgehead atoms. The van der Waals surface area contributed by atoms with Gasteiger partial charge in [-0.1, -0.05) is 0 Å². The number of sulfonamides is 2. The number of aromatic amines is 1. The lowest BCUT2D eigenvalue weighted by Gasteiger charge is -2.33. The van der Waals surface area contributed by atoms with Crippen LogP contribution in [0.1, 0.15) is 11.4 Å². The van der Waals surface area contributed by atoms with Crippen molar-refractivity contribution in [1.29, 1.82) is 0 Å². The number of hydrogen-bond donors (Lipinski definition) is 2. The molecule has 0 saturated carbocycles. The van der Waals surface area contributed by atoms with Gasteiger partial charge >= 0.3 is 0 Å². The Morgan fingerprint density at radius 1 is 1.13 bits per heavy atom. The summed E-state index contributed by atoms with van der Waals surface area (Å²) in [5.74, 6) is 0. The Labute approximate surface area is 137 Å². The molecule has 1 aromatic rings. The lowest BCUT2D eigenvalue weighted by Crippen LogP contribution is -2.49. The van der Waals surface area contributed by atoms with Crippen LogP contribution in [0.25, 0.3) is 0 Å². The van der Waals surface area contributed by atoms with Gasteiger partial charge in [0.05, 0.1) is 17.6 Å². The van der Waals surface area contributed by atoms with Crippen molar-refractivity contribution in [3.63, 3.8) is 0 Å². The van der Waals surface area contributed by atoms with Crippen LogP contribution in [-0.2, 0) is 20.0 Å². The van der Waals surface area contributed by atoms with E-state index in [4.69, 9.17) is 0 Å². The minimum Gasteiger partial charge on any atom is -0.299 e. The molecule has 11 heteroatoms. The highest BCUT2D eigenvalue weighted by atomic mass is 32.2. The van der Waals surface area contributed by atoms with E-state index in [1.807, 2.05) is 4.90 Å². The van der Waals surface area contributed by atoms with Crippen molar-refractivity contribution >= 4 is 20.0 Å². The molecule has 23 heavy (non-hydrogen) atoms. The second-order valence-electron chi connectivity index (χ2n) is 5.66. The first kappa shape index (κ1) is 18.3. The van der Waals surface area contributed by atoms with Gasteiger partial charge in [-0.2, -0.15) is 9.40 Å². The lowest BCUT2D eigenvalue weighted by molar-refractivity contribution is 0.192. The zero-order valence-corrected chi connectivity index (χ0v) is 15.2. The summed E-state index contributed by atoms with van der Waals surface area (Å²) < 4.78 is 51.5. The lowest BCUT2D eigenvalue weighted by atomic mass is 10.3. The molecule has 1 aliphatic rings. The predicted octanol–water partition coefficient (Wildman–Crippen LogP) is -1.12. The van der Waals surface area contributed by atoms with Crippen LogP contribution >= 0.6 is 0 Å². The largest absolute Gasteiger partial charge is 0.299 e. The van der Waals surface area contributed by atoms with Gasteiger partial charge < -0.3 is 0 Å². The van der Waals surface area contributed by atoms with Gasteiger partial charge in [0.15, 0.2) is 0 Å². The first-order valence-electron chi connectivity index (χ1n) is 7.30. The monoisotopic (exact) mass is 365 g/mol. The number of aryl methyl sites for hydroxylation is 2. The van der Waals surface area contributed by atoms with Crippen molar-refractivity contribution in [3.05, 3.63) is 11.4 Å². The molecule has 0 spiro atoms. The molecule has 0 unspecified atom stereocenters. The SMILES string of the molecule is Cc1n[nH]c(C)c1S(=O)(=O)NCCN1CCN(S(C)(=O)=O)CC1. The normalized spacial score (nSPS) is 18.4. The van der Waals surface area contributed by atoms with Crippen LogP contribution in [-0.4, -0.2) is 81.8 Å². The first-order valence-corrected chi connectivity index (χ1v) is 10.6. The topological polar surface area (TPSA) is 115 Å². The van der Waals surface area contributed by atoms with Crippen molar-refractivity contribution in [2.75, 3.05) is 45.5 Å². The highest BCUT2D eigenvalue weighted by Crippen LogP contribution is 2.16. The summed E-state index contributed by atoms with van der Waals surface area (Å²) in [5.41, 5.74) is 0.952. The summed E-state index contributed by atoms with van der Waals surface area (Å²) in [6.45, 7) is 6.17. The van der Waals surface area contributed by atoms with E-state index >= 15 is 0 Å². The second-order valence-corrected chi connectivity index (χ2v) is 9.35. The second kappa shape index (κ2) is 6.85. The fourth-order valence-corrected chi connectivity index (χ4v) is 4.85. The van der Waals surface area contributed by atoms with Gasteiger partial charge in [-0.25, -0.2) is 21.6 Å². The first-order chi connectivity index (χ1) is 10.6. The molecule has 132 valence electrons. The summed E-state index contributed by atoms with van der Waals surface area (Å²) in [5, 5.41) is 6.55. The molecule has 0 aliphatic carbocycles. The molecule has 0 aromatic carbocycles. The Morgan fingerprint density at radius 3 is 2.22 bits per heavy atom. The quantitative estimate of drug-likeness (QED) is 0.660. The number of hydrogen-bond acceptors (Lipinski definition) is 6. The van der Waals surface area contributed by atoms with Gasteiger partial charge in [0, 0.05) is 39.3 Å². The maximum atomic E-state index is 12.3. The van der Waals surface area contributed by atoms with Crippen molar-refractivity contribution in [3.8, 4) is 0 Å². The molecule has 0 amide bonds. The minimum absolute atomic E-state index is 0.194. The summed E-state index contributed by atoms with van der Waals surface area (Å²) >= 11 is 0. The van der Waals surface area contributed by atoms with E-state index in [-0.39, 0.29) is 11.4 Å². The van der Waals surface area contributed by atoms with E-state index in [1.165, 1.54) is 10.6 Å². The summed E-state index contributed by atoms with van der Waals surface area (Å²) in [6.07, 6.45) is 1.20. The van der Waals surface area contributed by atoms with Crippen LogP contribution in [0.2, 0.25) is 0 Å². The number of rotatable bonds is 6. The van der Waals surface area contributed by atoms with Crippen LogP contribution in [0.15, 0.2) is 4.90 Å². The van der Waals surface area contributed by atoms with Gasteiger partial charge in [0.1, 0.15) is 4.90 Å². The van der Waals surface area contributed by atoms with Crippen molar-refractivity contribution in [2.24, 2.45) is 0 Å². The Bertz CT molecular complexity index is 729. The van der Waals surface area contributed by atoms with Gasteiger partial charge in [-0.3, -0.25) is 10.00 Å². The molecule has 2 heterocycles. The Balaban J connectivity index is 1.84. The average molecular weight is 365 g/mol. The number of H-pyrrole nitrogens is 1. The summed E-state index contributed by atoms with van der Waals surface area (Å²) in [6, 6.07) is 0. The number of nitrogens with zero attached hydrogens (tertiary/aromatic N) is 3. The van der Waals surface area contributed by atoms with E-state index in [0.29, 0.717) is 44.1 Å². The van der Waals surface area contributed by atoms with Crippen LogP contribution in [0.3, 0.4) is 0 Å². The summed E-state index contributed by atoms with van der Waals surface area (Å²) in [7, 11) is -6.74. The van der Waals surface area contributed by atoms with E-state index in [1.54, 1.807) is 13.8 Å². The third kappa shape index (κ3) is 4.51. The molecule has 2 N–H and O–H groups in total. The van der Waals surface area contributed by atoms with E-state index in [2.05, 4.69) is 14.9 Å². The van der Waals surface area contributed by atoms with E-state index in [0.717, 1.165) is 0 Å². The third-order valence-corrected chi connectivity index (χ3v) is 6.88. The van der Waals surface area contributed by atoms with Crippen molar-refractivity contribution in [1.82, 2.24) is 24.1 Å². The average Bonchev–Trinajstić information content (AvgIpc) is 2.78. The molecule has 1 fully saturated rings. The molecule has 1 aromatic heterocycles. The number of piperazine rings is 1. The molecule has 2 rings (SSSR count). The summed E-state index contributed by atoms with van der Waals surface area (Å²) in [4.78, 5) is 2.23. The van der Waals surface area contributed by atoms with Crippen LogP contribution in [0.5, 0.6) is 0 Å². The molecule has 1 saturated heterocycles. The Morgan fingerprint density at radius 2 is 1.74 bits per heavy atom. The van der Waals surface area contributed by atoms with Crippen molar-refractivity contribution < 1.29 is 16.8 Å². The highest BCUT2D eigenvalue weighted by Gasteiger charge is 2.24. The van der Waals surface area contributed by atoms with Crippen LogP contribution < -0.4 is 4.72 Å². The number of aromatic nitrogens is 2. The minimum atomic E-state index is -3.59. The molecule has 9 nitrogen and oxygen atoms in total. The maximum absolute atomic E-state index is 12.3. The molecular formula is C12H23N5O4S2. The number of nitrogens with one attached hydrogen (secondary N) is 2. The van der Waals surface area contributed by atoms with E-state index in [9.17, 15) is 16.8 Å². The molecule has 0 radical (unpaired) electrons.